The van der Waals surface area contributed by atoms with Crippen LogP contribution in [0, 0.1) is 11.2 Å². The molecule has 32 heavy (non-hydrogen) atoms. The highest BCUT2D eigenvalue weighted by Gasteiger charge is 2.23. The van der Waals surface area contributed by atoms with E-state index in [4.69, 9.17) is 9.83 Å². The Labute approximate surface area is 185 Å². The lowest BCUT2D eigenvalue weighted by Gasteiger charge is -2.11. The van der Waals surface area contributed by atoms with Gasteiger partial charge in [-0.1, -0.05) is 0 Å². The lowest BCUT2D eigenvalue weighted by Crippen LogP contribution is -2.26. The Bertz CT molecular complexity index is 1310. The molecule has 4 rings (SSSR count). The smallest absolute Gasteiger partial charge is 0.255 e. The van der Waals surface area contributed by atoms with Crippen LogP contribution in [0.15, 0.2) is 47.5 Å². The van der Waals surface area contributed by atoms with Gasteiger partial charge in [0, 0.05) is 24.5 Å². The molecule has 0 aliphatic heterocycles. The van der Waals surface area contributed by atoms with Crippen molar-refractivity contribution in [3.05, 3.63) is 71.6 Å². The Morgan fingerprint density at radius 1 is 1.31 bits per heavy atom. The fraction of sp³-hybridized carbons (Fsp3) is 0.150. The first-order valence-corrected chi connectivity index (χ1v) is 10.0. The van der Waals surface area contributed by atoms with E-state index in [-0.39, 0.29) is 40.5 Å². The predicted octanol–water partition coefficient (Wildman–Crippen LogP) is 3.89. The second-order valence-electron chi connectivity index (χ2n) is 6.75. The molecule has 0 spiro atoms. The lowest BCUT2D eigenvalue weighted by atomic mass is 10.1. The van der Waals surface area contributed by atoms with Crippen LogP contribution in [0.3, 0.4) is 0 Å². The zero-order valence-electron chi connectivity index (χ0n) is 16.9. The summed E-state index contributed by atoms with van der Waals surface area (Å²) in [7, 11) is 1.61. The van der Waals surface area contributed by atoms with Crippen molar-refractivity contribution >= 4 is 40.8 Å². The topological polar surface area (TPSA) is 122 Å². The number of carbonyl (C=O) groups excluding carboxylic acids is 1. The Kier molecular flexibility index (Phi) is 5.86. The minimum Gasteiger partial charge on any atom is -0.447 e. The number of hydrogen-bond donors (Lipinski definition) is 3. The van der Waals surface area contributed by atoms with Gasteiger partial charge in [-0.2, -0.15) is 0 Å². The first-order valence-electron chi connectivity index (χ1n) is 9.37. The van der Waals surface area contributed by atoms with Crippen LogP contribution >= 0.6 is 12.3 Å². The number of carbonyl (C=O) groups is 1. The van der Waals surface area contributed by atoms with Crippen LogP contribution in [0.4, 0.5) is 14.0 Å². The third-order valence-corrected chi connectivity index (χ3v) is 5.16. The van der Waals surface area contributed by atoms with Crippen LogP contribution in [0.2, 0.25) is 0 Å². The average Bonchev–Trinajstić information content (AvgIpc) is 3.46. The van der Waals surface area contributed by atoms with Crippen LogP contribution in [-0.2, 0) is 0 Å². The molecule has 0 aliphatic carbocycles. The van der Waals surface area contributed by atoms with Gasteiger partial charge in [0.1, 0.15) is 29.3 Å². The molecule has 0 bridgehead atoms. The van der Waals surface area contributed by atoms with E-state index in [9.17, 15) is 13.1 Å². The van der Waals surface area contributed by atoms with Crippen molar-refractivity contribution in [2.45, 2.75) is 13.0 Å². The molecule has 0 radical (unpaired) electrons. The summed E-state index contributed by atoms with van der Waals surface area (Å²) in [6.45, 7) is 1.69. The average molecular weight is 457 g/mol. The first-order chi connectivity index (χ1) is 15.4. The quantitative estimate of drug-likeness (QED) is 0.360. The number of benzene rings is 1. The highest BCUT2D eigenvalue weighted by atomic mass is 32.2. The summed E-state index contributed by atoms with van der Waals surface area (Å²) >= 11 is -0.131. The SMILES string of the molecule is CNc1cc(F)ccc1C(=N)c1cnc2c(n1)c(C(=O)NC(C)c1ncco1)cn2SF. The number of rotatable bonds is 7. The first kappa shape index (κ1) is 21.4. The monoisotopic (exact) mass is 457 g/mol. The molecule has 0 saturated heterocycles. The van der Waals surface area contributed by atoms with Gasteiger partial charge in [-0.15, -0.1) is 3.89 Å². The van der Waals surface area contributed by atoms with Crippen molar-refractivity contribution in [3.63, 3.8) is 0 Å². The molecule has 164 valence electrons. The maximum Gasteiger partial charge on any atom is 0.255 e. The number of fused-ring (bicyclic) bond motifs is 1. The largest absolute Gasteiger partial charge is 0.447 e. The summed E-state index contributed by atoms with van der Waals surface area (Å²) < 4.78 is 33.3. The zero-order chi connectivity index (χ0) is 22.8. The summed E-state index contributed by atoms with van der Waals surface area (Å²) in [5.74, 6) is -0.681. The predicted molar refractivity (Wildman–Crippen MR) is 116 cm³/mol. The van der Waals surface area contributed by atoms with E-state index in [0.29, 0.717) is 17.1 Å². The van der Waals surface area contributed by atoms with Crippen LogP contribution in [0.1, 0.15) is 40.5 Å². The number of anilines is 1. The normalized spacial score (nSPS) is 12.0. The van der Waals surface area contributed by atoms with Gasteiger partial charge < -0.3 is 15.1 Å². The van der Waals surface area contributed by atoms with E-state index in [1.807, 2.05) is 0 Å². The molecule has 9 nitrogen and oxygen atoms in total. The summed E-state index contributed by atoms with van der Waals surface area (Å²) in [6, 6.07) is 3.40. The van der Waals surface area contributed by atoms with Crippen molar-refractivity contribution in [3.8, 4) is 0 Å². The van der Waals surface area contributed by atoms with Gasteiger partial charge in [0.2, 0.25) is 5.89 Å². The van der Waals surface area contributed by atoms with E-state index in [0.717, 1.165) is 3.97 Å². The van der Waals surface area contributed by atoms with Crippen molar-refractivity contribution in [1.82, 2.24) is 24.2 Å². The third-order valence-electron chi connectivity index (χ3n) is 4.73. The van der Waals surface area contributed by atoms with Gasteiger partial charge in [0.15, 0.2) is 18.0 Å². The van der Waals surface area contributed by atoms with Gasteiger partial charge >= 0.3 is 0 Å². The molecule has 4 aromatic rings. The fourth-order valence-corrected chi connectivity index (χ4v) is 3.51. The van der Waals surface area contributed by atoms with Gasteiger partial charge in [-0.3, -0.25) is 10.2 Å². The molecule has 3 N–H and O–H groups in total. The van der Waals surface area contributed by atoms with E-state index in [2.05, 4.69) is 25.6 Å². The molecule has 1 atom stereocenters. The molecule has 3 aromatic heterocycles. The number of hydrogen-bond acceptors (Lipinski definition) is 8. The Balaban J connectivity index is 1.73. The molecular weight excluding hydrogens is 440 g/mol. The molecule has 12 heteroatoms. The second kappa shape index (κ2) is 8.75. The fourth-order valence-electron chi connectivity index (χ4n) is 3.17. The van der Waals surface area contributed by atoms with Gasteiger partial charge in [0.25, 0.3) is 5.91 Å². The van der Waals surface area contributed by atoms with Gasteiger partial charge in [0.05, 0.1) is 23.7 Å². The van der Waals surface area contributed by atoms with Crippen LogP contribution in [-0.4, -0.2) is 37.6 Å². The minimum absolute atomic E-state index is 0.0380. The summed E-state index contributed by atoms with van der Waals surface area (Å²) in [4.78, 5) is 25.5. The summed E-state index contributed by atoms with van der Waals surface area (Å²) in [5, 5.41) is 14.1. The maximum atomic E-state index is 13.6. The van der Waals surface area contributed by atoms with E-state index < -0.39 is 17.8 Å². The van der Waals surface area contributed by atoms with E-state index >= 15 is 0 Å². The van der Waals surface area contributed by atoms with Crippen LogP contribution < -0.4 is 10.6 Å². The van der Waals surface area contributed by atoms with E-state index in [1.165, 1.54) is 43.1 Å². The molecule has 0 fully saturated rings. The maximum absolute atomic E-state index is 13.6. The van der Waals surface area contributed by atoms with Gasteiger partial charge in [-0.25, -0.2) is 23.3 Å². The Morgan fingerprint density at radius 2 is 2.12 bits per heavy atom. The molecule has 0 aliphatic rings. The van der Waals surface area contributed by atoms with Crippen molar-refractivity contribution in [2.75, 3.05) is 12.4 Å². The Morgan fingerprint density at radius 3 is 2.81 bits per heavy atom. The second-order valence-corrected chi connectivity index (χ2v) is 7.28. The number of amides is 1. The standard InChI is InChI=1S/C20H17F2N7O2S/c1-10(20-25-5-6-31-20)27-19(30)13-9-29(32-22)18-17(13)28-15(8-26-18)16(23)12-4-3-11(21)7-14(12)24-2/h3-10,23-24H,1-2H3,(H,27,30). The number of halogens is 2. The number of nitrogens with zero attached hydrogens (tertiary/aromatic N) is 4. The lowest BCUT2D eigenvalue weighted by molar-refractivity contribution is 0.0935. The highest BCUT2D eigenvalue weighted by molar-refractivity contribution is 7.92. The Hall–Kier alpha value is -3.80. The number of nitrogens with one attached hydrogen (secondary N) is 3. The molecule has 1 unspecified atom stereocenters. The van der Waals surface area contributed by atoms with Gasteiger partial charge in [-0.05, 0) is 25.1 Å². The molecule has 0 saturated carbocycles. The number of aromatic nitrogens is 4. The molecule has 1 amide bonds. The summed E-state index contributed by atoms with van der Waals surface area (Å²) in [5.41, 5.74) is 1.19. The van der Waals surface area contributed by atoms with Crippen LogP contribution in [0.5, 0.6) is 0 Å². The van der Waals surface area contributed by atoms with Crippen molar-refractivity contribution in [1.29, 1.82) is 5.41 Å². The highest BCUT2D eigenvalue weighted by Crippen LogP contribution is 2.26. The molecule has 3 heterocycles. The van der Waals surface area contributed by atoms with Crippen molar-refractivity contribution < 1.29 is 17.5 Å². The summed E-state index contributed by atoms with van der Waals surface area (Å²) in [6.07, 6.45) is 5.43. The molecular formula is C20H17F2N7O2S. The van der Waals surface area contributed by atoms with Crippen molar-refractivity contribution in [2.24, 2.45) is 0 Å². The van der Waals surface area contributed by atoms with Crippen LogP contribution in [0.25, 0.3) is 11.2 Å². The minimum atomic E-state index is -0.541. The number of oxazole rings is 1. The molecule has 1 aromatic carbocycles. The zero-order valence-corrected chi connectivity index (χ0v) is 17.7. The van der Waals surface area contributed by atoms with E-state index in [1.54, 1.807) is 14.0 Å². The third kappa shape index (κ3) is 3.91.